The number of hydrogen-bond donors (Lipinski definition) is 1. The number of carbonyl (C=O) groups is 1. The number of allylic oxidation sites excluding steroid dienone is 1. The lowest BCUT2D eigenvalue weighted by Crippen LogP contribution is -2.21. The number of ether oxygens (including phenoxy) is 3. The van der Waals surface area contributed by atoms with Crippen molar-refractivity contribution in [2.24, 2.45) is 5.73 Å². The van der Waals surface area contributed by atoms with Crippen LogP contribution in [0.3, 0.4) is 0 Å². The SMILES string of the molecule is N#CC1=C(N)Oc2cc(OC(=O)COc3ccc(Cl)cc3)ccc2C1c1cccc(Br)c1. The van der Waals surface area contributed by atoms with Gasteiger partial charge in [-0.1, -0.05) is 45.7 Å². The molecule has 1 atom stereocenters. The summed E-state index contributed by atoms with van der Waals surface area (Å²) in [5, 5.41) is 10.2. The van der Waals surface area contributed by atoms with E-state index in [1.165, 1.54) is 0 Å². The molecule has 0 bridgehead atoms. The van der Waals surface area contributed by atoms with Crippen molar-refractivity contribution in [2.75, 3.05) is 6.61 Å². The summed E-state index contributed by atoms with van der Waals surface area (Å²) in [6.45, 7) is -0.277. The van der Waals surface area contributed by atoms with Crippen molar-refractivity contribution in [1.82, 2.24) is 0 Å². The molecule has 2 N–H and O–H groups in total. The second kappa shape index (κ2) is 9.35. The number of hydrogen-bond acceptors (Lipinski definition) is 6. The maximum absolute atomic E-state index is 12.2. The minimum Gasteiger partial charge on any atom is -0.482 e. The zero-order valence-electron chi connectivity index (χ0n) is 16.5. The Kier molecular flexibility index (Phi) is 6.35. The van der Waals surface area contributed by atoms with Crippen LogP contribution >= 0.6 is 27.5 Å². The van der Waals surface area contributed by atoms with Crippen LogP contribution in [0.5, 0.6) is 17.2 Å². The normalized spacial score (nSPS) is 14.7. The molecule has 8 heteroatoms. The van der Waals surface area contributed by atoms with Gasteiger partial charge in [-0.25, -0.2) is 4.79 Å². The van der Waals surface area contributed by atoms with Crippen LogP contribution in [-0.2, 0) is 4.79 Å². The van der Waals surface area contributed by atoms with Gasteiger partial charge in [-0.05, 0) is 48.0 Å². The van der Waals surface area contributed by atoms with Gasteiger partial charge in [0.1, 0.15) is 28.9 Å². The van der Waals surface area contributed by atoms with Gasteiger partial charge in [0.15, 0.2) is 6.61 Å². The molecule has 0 amide bonds. The van der Waals surface area contributed by atoms with E-state index >= 15 is 0 Å². The van der Waals surface area contributed by atoms with Crippen molar-refractivity contribution >= 4 is 33.5 Å². The van der Waals surface area contributed by atoms with Crippen LogP contribution in [0.15, 0.2) is 82.7 Å². The summed E-state index contributed by atoms with van der Waals surface area (Å²) in [4.78, 5) is 12.2. The van der Waals surface area contributed by atoms with Crippen molar-refractivity contribution in [3.05, 3.63) is 98.8 Å². The highest BCUT2D eigenvalue weighted by atomic mass is 79.9. The van der Waals surface area contributed by atoms with Crippen LogP contribution in [-0.4, -0.2) is 12.6 Å². The Hall–Kier alpha value is -3.47. The summed E-state index contributed by atoms with van der Waals surface area (Å²) >= 11 is 9.30. The lowest BCUT2D eigenvalue weighted by molar-refractivity contribution is -0.136. The van der Waals surface area contributed by atoms with Gasteiger partial charge in [0.25, 0.3) is 0 Å². The molecule has 160 valence electrons. The number of carbonyl (C=O) groups excluding carboxylic acids is 1. The molecule has 6 nitrogen and oxygen atoms in total. The molecule has 32 heavy (non-hydrogen) atoms. The third kappa shape index (κ3) is 4.72. The molecule has 0 saturated heterocycles. The molecule has 0 aromatic heterocycles. The van der Waals surface area contributed by atoms with Gasteiger partial charge in [-0.3, -0.25) is 0 Å². The Morgan fingerprint density at radius 3 is 2.59 bits per heavy atom. The van der Waals surface area contributed by atoms with E-state index in [0.717, 1.165) is 15.6 Å². The number of nitrogens with zero attached hydrogens (tertiary/aromatic N) is 1. The largest absolute Gasteiger partial charge is 0.482 e. The van der Waals surface area contributed by atoms with Gasteiger partial charge in [-0.15, -0.1) is 0 Å². The minimum atomic E-state index is -0.583. The summed E-state index contributed by atoms with van der Waals surface area (Å²) in [6, 6.07) is 21.4. The number of benzene rings is 3. The van der Waals surface area contributed by atoms with E-state index in [1.54, 1.807) is 42.5 Å². The topological polar surface area (TPSA) is 94.6 Å². The fourth-order valence-corrected chi connectivity index (χ4v) is 3.91. The van der Waals surface area contributed by atoms with Gasteiger partial charge in [0, 0.05) is 21.1 Å². The number of rotatable bonds is 5. The summed E-state index contributed by atoms with van der Waals surface area (Å²) in [7, 11) is 0. The maximum Gasteiger partial charge on any atom is 0.349 e. The van der Waals surface area contributed by atoms with Crippen LogP contribution < -0.4 is 19.9 Å². The number of fused-ring (bicyclic) bond motifs is 1. The zero-order chi connectivity index (χ0) is 22.7. The summed E-state index contributed by atoms with van der Waals surface area (Å²) in [5.74, 6) is 0.211. The van der Waals surface area contributed by atoms with E-state index in [2.05, 4.69) is 22.0 Å². The fraction of sp³-hybridized carbons (Fsp3) is 0.0833. The molecule has 0 radical (unpaired) electrons. The summed E-state index contributed by atoms with van der Waals surface area (Å²) < 4.78 is 17.3. The van der Waals surface area contributed by atoms with Gasteiger partial charge < -0.3 is 19.9 Å². The van der Waals surface area contributed by atoms with Crippen molar-refractivity contribution < 1.29 is 19.0 Å². The van der Waals surface area contributed by atoms with Crippen LogP contribution in [0.2, 0.25) is 5.02 Å². The molecule has 1 aliphatic rings. The van der Waals surface area contributed by atoms with Crippen molar-refractivity contribution in [1.29, 1.82) is 5.26 Å². The molecular weight excluding hydrogens is 496 g/mol. The highest BCUT2D eigenvalue weighted by Crippen LogP contribution is 2.43. The Morgan fingerprint density at radius 2 is 1.88 bits per heavy atom. The average Bonchev–Trinajstić information content (AvgIpc) is 2.77. The molecule has 1 aliphatic heterocycles. The quantitative estimate of drug-likeness (QED) is 0.369. The number of nitriles is 1. The Bertz CT molecular complexity index is 1250. The molecule has 1 heterocycles. The molecule has 0 aliphatic carbocycles. The third-order valence-electron chi connectivity index (χ3n) is 4.77. The van der Waals surface area contributed by atoms with E-state index in [1.807, 2.05) is 24.3 Å². The molecule has 3 aromatic carbocycles. The first kappa shape index (κ1) is 21.8. The van der Waals surface area contributed by atoms with Crippen molar-refractivity contribution in [3.8, 4) is 23.3 Å². The smallest absolute Gasteiger partial charge is 0.349 e. The number of esters is 1. The van der Waals surface area contributed by atoms with Crippen molar-refractivity contribution in [3.63, 3.8) is 0 Å². The number of halogens is 2. The Morgan fingerprint density at radius 1 is 1.12 bits per heavy atom. The van der Waals surface area contributed by atoms with Crippen LogP contribution in [0.1, 0.15) is 17.0 Å². The molecule has 0 saturated carbocycles. The summed E-state index contributed by atoms with van der Waals surface area (Å²) in [5.41, 5.74) is 7.97. The zero-order valence-corrected chi connectivity index (χ0v) is 18.9. The van der Waals surface area contributed by atoms with E-state index < -0.39 is 11.9 Å². The Labute approximate surface area is 197 Å². The van der Waals surface area contributed by atoms with Crippen LogP contribution in [0, 0.1) is 11.3 Å². The predicted octanol–water partition coefficient (Wildman–Crippen LogP) is 5.31. The van der Waals surface area contributed by atoms with Crippen LogP contribution in [0.25, 0.3) is 0 Å². The van der Waals surface area contributed by atoms with E-state index in [0.29, 0.717) is 22.1 Å². The lowest BCUT2D eigenvalue weighted by atomic mass is 9.83. The van der Waals surface area contributed by atoms with Crippen molar-refractivity contribution in [2.45, 2.75) is 5.92 Å². The monoisotopic (exact) mass is 510 g/mol. The first-order valence-electron chi connectivity index (χ1n) is 9.50. The molecular formula is C24H16BrClN2O4. The minimum absolute atomic E-state index is 0.0134. The van der Waals surface area contributed by atoms with E-state index in [9.17, 15) is 10.1 Å². The first-order valence-corrected chi connectivity index (χ1v) is 10.7. The Balaban J connectivity index is 1.54. The van der Waals surface area contributed by atoms with Gasteiger partial charge >= 0.3 is 5.97 Å². The first-order chi connectivity index (χ1) is 15.4. The molecule has 0 fully saturated rings. The molecule has 4 rings (SSSR count). The van der Waals surface area contributed by atoms with Gasteiger partial charge in [0.05, 0.1) is 5.92 Å². The fourth-order valence-electron chi connectivity index (χ4n) is 3.36. The predicted molar refractivity (Wildman–Crippen MR) is 122 cm³/mol. The highest BCUT2D eigenvalue weighted by Gasteiger charge is 2.31. The standard InChI is InChI=1S/C24H16BrClN2O4/c25-15-3-1-2-14(10-15)23-19-9-8-18(11-21(19)32-24(28)20(23)12-27)31-22(29)13-30-17-6-4-16(26)5-7-17/h1-11,23H,13,28H2. The maximum atomic E-state index is 12.2. The third-order valence-corrected chi connectivity index (χ3v) is 5.52. The second-order valence-corrected chi connectivity index (χ2v) is 8.25. The lowest BCUT2D eigenvalue weighted by Gasteiger charge is -2.26. The molecule has 3 aromatic rings. The molecule has 0 spiro atoms. The van der Waals surface area contributed by atoms with E-state index in [-0.39, 0.29) is 18.2 Å². The summed E-state index contributed by atoms with van der Waals surface area (Å²) in [6.07, 6.45) is 0. The average molecular weight is 512 g/mol. The van der Waals surface area contributed by atoms with Crippen LogP contribution in [0.4, 0.5) is 0 Å². The highest BCUT2D eigenvalue weighted by molar-refractivity contribution is 9.10. The second-order valence-electron chi connectivity index (χ2n) is 6.90. The van der Waals surface area contributed by atoms with Gasteiger partial charge in [0.2, 0.25) is 5.88 Å². The van der Waals surface area contributed by atoms with E-state index in [4.69, 9.17) is 31.5 Å². The van der Waals surface area contributed by atoms with Gasteiger partial charge in [-0.2, -0.15) is 5.26 Å². The molecule has 1 unspecified atom stereocenters. The number of nitrogens with two attached hydrogens (primary N) is 1.